The van der Waals surface area contributed by atoms with Crippen LogP contribution in [0.3, 0.4) is 0 Å². The van der Waals surface area contributed by atoms with E-state index in [9.17, 15) is 9.59 Å². The van der Waals surface area contributed by atoms with Crippen LogP contribution in [0.2, 0.25) is 0 Å². The molecule has 0 aliphatic heterocycles. The van der Waals surface area contributed by atoms with Gasteiger partial charge in [-0.3, -0.25) is 4.79 Å². The van der Waals surface area contributed by atoms with Gasteiger partial charge in [-0.1, -0.05) is 6.92 Å². The Morgan fingerprint density at radius 3 is 2.33 bits per heavy atom. The Bertz CT molecular complexity index is 728. The van der Waals surface area contributed by atoms with Crippen LogP contribution in [-0.2, 0) is 4.74 Å². The van der Waals surface area contributed by atoms with Gasteiger partial charge in [0.2, 0.25) is 0 Å². The maximum absolute atomic E-state index is 12.3. The molecule has 2 aromatic rings. The van der Waals surface area contributed by atoms with Crippen molar-refractivity contribution in [2.45, 2.75) is 13.3 Å². The summed E-state index contributed by atoms with van der Waals surface area (Å²) in [5.41, 5.74) is 1.60. The number of esters is 1. The lowest BCUT2D eigenvalue weighted by Gasteiger charge is -2.08. The highest BCUT2D eigenvalue weighted by Crippen LogP contribution is 2.22. The summed E-state index contributed by atoms with van der Waals surface area (Å²) < 4.78 is 11.1. The molecular formula is C18H18INO4. The molecule has 0 heterocycles. The van der Waals surface area contributed by atoms with Crippen LogP contribution in [0.4, 0.5) is 5.69 Å². The Labute approximate surface area is 154 Å². The Morgan fingerprint density at radius 1 is 1.08 bits per heavy atom. The Morgan fingerprint density at radius 2 is 1.75 bits per heavy atom. The van der Waals surface area contributed by atoms with E-state index in [1.54, 1.807) is 49.6 Å². The highest BCUT2D eigenvalue weighted by Gasteiger charge is 2.10. The lowest BCUT2D eigenvalue weighted by molar-refractivity contribution is 0.0505. The molecule has 6 heteroatoms. The van der Waals surface area contributed by atoms with E-state index in [2.05, 4.69) is 27.9 Å². The number of hydrogen-bond donors (Lipinski definition) is 1. The molecule has 0 radical (unpaired) electrons. The molecule has 0 aliphatic carbocycles. The van der Waals surface area contributed by atoms with Crippen LogP contribution in [0, 0.1) is 3.57 Å². The van der Waals surface area contributed by atoms with Crippen molar-refractivity contribution in [2.75, 3.05) is 19.0 Å². The Kier molecular flexibility index (Phi) is 6.60. The minimum atomic E-state index is -0.362. The van der Waals surface area contributed by atoms with Gasteiger partial charge in [-0.05, 0) is 71.5 Å². The lowest BCUT2D eigenvalue weighted by atomic mass is 10.1. The third kappa shape index (κ3) is 4.70. The zero-order valence-corrected chi connectivity index (χ0v) is 15.6. The van der Waals surface area contributed by atoms with Gasteiger partial charge in [0.25, 0.3) is 5.91 Å². The summed E-state index contributed by atoms with van der Waals surface area (Å²) in [7, 11) is 1.59. The van der Waals surface area contributed by atoms with Crippen molar-refractivity contribution in [3.63, 3.8) is 0 Å². The molecule has 0 atom stereocenters. The summed E-state index contributed by atoms with van der Waals surface area (Å²) in [6.07, 6.45) is 0.778. The quantitative estimate of drug-likeness (QED) is 0.544. The van der Waals surface area contributed by atoms with E-state index >= 15 is 0 Å². The minimum absolute atomic E-state index is 0.225. The van der Waals surface area contributed by atoms with Crippen molar-refractivity contribution in [3.05, 3.63) is 57.2 Å². The van der Waals surface area contributed by atoms with Gasteiger partial charge in [0.15, 0.2) is 0 Å². The van der Waals surface area contributed by atoms with Crippen LogP contribution >= 0.6 is 22.6 Å². The minimum Gasteiger partial charge on any atom is -0.496 e. The van der Waals surface area contributed by atoms with E-state index < -0.39 is 0 Å². The average Bonchev–Trinajstić information content (AvgIpc) is 2.60. The van der Waals surface area contributed by atoms with Crippen molar-refractivity contribution in [1.82, 2.24) is 0 Å². The fraction of sp³-hybridized carbons (Fsp3) is 0.222. The number of nitrogens with one attached hydrogen (secondary N) is 1. The predicted molar refractivity (Wildman–Crippen MR) is 101 cm³/mol. The molecule has 0 aliphatic rings. The summed E-state index contributed by atoms with van der Waals surface area (Å²) in [4.78, 5) is 24.0. The van der Waals surface area contributed by atoms with Crippen LogP contribution in [0.25, 0.3) is 0 Å². The summed E-state index contributed by atoms with van der Waals surface area (Å²) in [5, 5.41) is 2.80. The number of benzene rings is 2. The number of carbonyl (C=O) groups excluding carboxylic acids is 2. The number of methoxy groups -OCH3 is 1. The van der Waals surface area contributed by atoms with Gasteiger partial charge in [-0.25, -0.2) is 4.79 Å². The number of amides is 1. The van der Waals surface area contributed by atoms with E-state index in [0.29, 0.717) is 23.4 Å². The molecule has 5 nitrogen and oxygen atoms in total. The molecule has 2 aromatic carbocycles. The van der Waals surface area contributed by atoms with E-state index in [0.717, 1.165) is 15.7 Å². The van der Waals surface area contributed by atoms with E-state index in [4.69, 9.17) is 9.47 Å². The number of carbonyl (C=O) groups is 2. The zero-order chi connectivity index (χ0) is 17.5. The predicted octanol–water partition coefficient (Wildman–Crippen LogP) is 4.12. The molecule has 0 fully saturated rings. The van der Waals surface area contributed by atoms with Gasteiger partial charge in [-0.15, -0.1) is 0 Å². The molecule has 126 valence electrons. The molecular weight excluding hydrogens is 421 g/mol. The summed E-state index contributed by atoms with van der Waals surface area (Å²) >= 11 is 2.12. The van der Waals surface area contributed by atoms with Crippen LogP contribution in [0.5, 0.6) is 5.75 Å². The standard InChI is InChI=1S/C18H18INO4/c1-3-10-24-18(22)12-4-7-14(8-5-12)20-17(21)13-6-9-16(23-2)15(19)11-13/h4-9,11H,3,10H2,1-2H3,(H,20,21). The van der Waals surface area contributed by atoms with Crippen LogP contribution in [0.15, 0.2) is 42.5 Å². The first-order valence-corrected chi connectivity index (χ1v) is 8.55. The van der Waals surface area contributed by atoms with Crippen LogP contribution in [0.1, 0.15) is 34.1 Å². The van der Waals surface area contributed by atoms with E-state index in [1.807, 2.05) is 6.92 Å². The first kappa shape index (κ1) is 18.3. The number of ether oxygens (including phenoxy) is 2. The van der Waals surface area contributed by atoms with Gasteiger partial charge in [-0.2, -0.15) is 0 Å². The fourth-order valence-electron chi connectivity index (χ4n) is 1.98. The molecule has 1 amide bonds. The summed E-state index contributed by atoms with van der Waals surface area (Å²) in [6.45, 7) is 2.33. The first-order valence-electron chi connectivity index (χ1n) is 7.47. The number of hydrogen-bond acceptors (Lipinski definition) is 4. The van der Waals surface area contributed by atoms with Crippen LogP contribution < -0.4 is 10.1 Å². The molecule has 24 heavy (non-hydrogen) atoms. The van der Waals surface area contributed by atoms with E-state index in [1.165, 1.54) is 0 Å². The normalized spacial score (nSPS) is 10.1. The molecule has 0 unspecified atom stereocenters. The van der Waals surface area contributed by atoms with Crippen molar-refractivity contribution in [3.8, 4) is 5.75 Å². The van der Waals surface area contributed by atoms with Crippen molar-refractivity contribution < 1.29 is 19.1 Å². The summed E-state index contributed by atoms with van der Waals surface area (Å²) in [6, 6.07) is 11.8. The largest absolute Gasteiger partial charge is 0.496 e. The third-order valence-corrected chi connectivity index (χ3v) is 4.07. The lowest BCUT2D eigenvalue weighted by Crippen LogP contribution is -2.12. The number of rotatable bonds is 6. The molecule has 0 bridgehead atoms. The van der Waals surface area contributed by atoms with Gasteiger partial charge < -0.3 is 14.8 Å². The molecule has 0 saturated carbocycles. The van der Waals surface area contributed by atoms with Gasteiger partial charge in [0, 0.05) is 11.3 Å². The smallest absolute Gasteiger partial charge is 0.338 e. The van der Waals surface area contributed by atoms with Crippen molar-refractivity contribution >= 4 is 40.2 Å². The molecule has 0 aromatic heterocycles. The van der Waals surface area contributed by atoms with Crippen molar-refractivity contribution in [1.29, 1.82) is 0 Å². The zero-order valence-electron chi connectivity index (χ0n) is 13.5. The third-order valence-electron chi connectivity index (χ3n) is 3.23. The Balaban J connectivity index is 2.04. The molecule has 0 saturated heterocycles. The second-order valence-corrected chi connectivity index (χ2v) is 6.18. The van der Waals surface area contributed by atoms with Gasteiger partial charge >= 0.3 is 5.97 Å². The Hall–Kier alpha value is -2.09. The summed E-state index contributed by atoms with van der Waals surface area (Å²) in [5.74, 6) is 0.137. The molecule has 2 rings (SSSR count). The second kappa shape index (κ2) is 8.68. The maximum atomic E-state index is 12.3. The number of anilines is 1. The molecule has 1 N–H and O–H groups in total. The highest BCUT2D eigenvalue weighted by molar-refractivity contribution is 14.1. The number of halogens is 1. The SMILES string of the molecule is CCCOC(=O)c1ccc(NC(=O)c2ccc(OC)c(I)c2)cc1. The highest BCUT2D eigenvalue weighted by atomic mass is 127. The van der Waals surface area contributed by atoms with E-state index in [-0.39, 0.29) is 11.9 Å². The second-order valence-electron chi connectivity index (χ2n) is 5.02. The monoisotopic (exact) mass is 439 g/mol. The van der Waals surface area contributed by atoms with Gasteiger partial charge in [0.05, 0.1) is 22.9 Å². The topological polar surface area (TPSA) is 64.6 Å². The van der Waals surface area contributed by atoms with Crippen LogP contribution in [-0.4, -0.2) is 25.6 Å². The van der Waals surface area contributed by atoms with Gasteiger partial charge in [0.1, 0.15) is 5.75 Å². The fourth-order valence-corrected chi connectivity index (χ4v) is 2.71. The van der Waals surface area contributed by atoms with Crippen molar-refractivity contribution in [2.24, 2.45) is 0 Å². The first-order chi connectivity index (χ1) is 11.5. The average molecular weight is 439 g/mol. The maximum Gasteiger partial charge on any atom is 0.338 e. The molecule has 0 spiro atoms.